The average molecular weight is 470 g/mol. The normalized spacial score (nSPS) is 14.1. The zero-order chi connectivity index (χ0) is 24.4. The van der Waals surface area contributed by atoms with E-state index in [1.54, 1.807) is 13.0 Å². The molecule has 0 bridgehead atoms. The molecular formula is C23H20F2N4O5. The van der Waals surface area contributed by atoms with Crippen molar-refractivity contribution in [1.82, 2.24) is 14.7 Å². The number of halogens is 2. The van der Waals surface area contributed by atoms with Gasteiger partial charge in [0.25, 0.3) is 11.6 Å². The number of hydrogen-bond acceptors (Lipinski definition) is 6. The van der Waals surface area contributed by atoms with Crippen LogP contribution in [0, 0.1) is 28.7 Å². The van der Waals surface area contributed by atoms with E-state index in [-0.39, 0.29) is 35.9 Å². The molecule has 0 saturated carbocycles. The van der Waals surface area contributed by atoms with Gasteiger partial charge < -0.3 is 9.64 Å². The van der Waals surface area contributed by atoms with Crippen molar-refractivity contribution in [2.24, 2.45) is 0 Å². The van der Waals surface area contributed by atoms with Gasteiger partial charge in [0.1, 0.15) is 17.6 Å². The van der Waals surface area contributed by atoms with E-state index in [0.717, 1.165) is 12.1 Å². The summed E-state index contributed by atoms with van der Waals surface area (Å²) in [6.45, 7) is 2.02. The first-order chi connectivity index (χ1) is 16.2. The minimum atomic E-state index is -0.807. The molecule has 4 rings (SSSR count). The maximum atomic E-state index is 13.8. The number of amides is 1. The molecule has 2 heterocycles. The smallest absolute Gasteiger partial charge is 0.294 e. The Balaban J connectivity index is 1.52. The standard InChI is InChI=1S/C23H20F2N4O5/c1-14-12-20(30)22(26-28(14)18-4-2-3-5-19(18)29(32)33)23(31)27-10-8-16(9-11-27)34-21-7-6-15(24)13-17(21)25/h2-7,12-13,16H,8-11H2,1H3. The van der Waals surface area contributed by atoms with Crippen molar-refractivity contribution in [3.63, 3.8) is 0 Å². The van der Waals surface area contributed by atoms with Crippen molar-refractivity contribution in [3.8, 4) is 11.4 Å². The Labute approximate surface area is 192 Å². The fourth-order valence-electron chi connectivity index (χ4n) is 3.81. The second-order valence-corrected chi connectivity index (χ2v) is 7.84. The molecule has 0 spiro atoms. The van der Waals surface area contributed by atoms with Crippen molar-refractivity contribution in [1.29, 1.82) is 0 Å². The predicted octanol–water partition coefficient (Wildman–Crippen LogP) is 3.41. The molecule has 11 heteroatoms. The lowest BCUT2D eigenvalue weighted by atomic mass is 10.1. The molecule has 1 aromatic heterocycles. The molecule has 0 atom stereocenters. The zero-order valence-corrected chi connectivity index (χ0v) is 18.1. The lowest BCUT2D eigenvalue weighted by Crippen LogP contribution is -2.44. The van der Waals surface area contributed by atoms with Crippen LogP contribution < -0.4 is 10.2 Å². The topological polar surface area (TPSA) is 108 Å². The van der Waals surface area contributed by atoms with Gasteiger partial charge in [-0.1, -0.05) is 12.1 Å². The van der Waals surface area contributed by atoms with Gasteiger partial charge in [-0.3, -0.25) is 19.7 Å². The van der Waals surface area contributed by atoms with E-state index in [2.05, 4.69) is 5.10 Å². The Morgan fingerprint density at radius 2 is 1.85 bits per heavy atom. The molecule has 2 aromatic carbocycles. The molecule has 1 amide bonds. The summed E-state index contributed by atoms with van der Waals surface area (Å²) in [4.78, 5) is 37.9. The lowest BCUT2D eigenvalue weighted by Gasteiger charge is -2.32. The summed E-state index contributed by atoms with van der Waals surface area (Å²) >= 11 is 0. The SMILES string of the molecule is Cc1cc(=O)c(C(=O)N2CCC(Oc3ccc(F)cc3F)CC2)nn1-c1ccccc1[N+](=O)[O-]. The van der Waals surface area contributed by atoms with Gasteiger partial charge in [0.15, 0.2) is 17.3 Å². The Bertz CT molecular complexity index is 1320. The molecule has 1 fully saturated rings. The quantitative estimate of drug-likeness (QED) is 0.418. The van der Waals surface area contributed by atoms with E-state index in [9.17, 15) is 28.5 Å². The first-order valence-electron chi connectivity index (χ1n) is 10.5. The highest BCUT2D eigenvalue weighted by Crippen LogP contribution is 2.24. The summed E-state index contributed by atoms with van der Waals surface area (Å²) in [5.41, 5.74) is -0.695. The third-order valence-electron chi connectivity index (χ3n) is 5.53. The number of nitro groups is 1. The van der Waals surface area contributed by atoms with Crippen LogP contribution in [0.4, 0.5) is 14.5 Å². The second kappa shape index (κ2) is 9.38. The predicted molar refractivity (Wildman–Crippen MR) is 117 cm³/mol. The molecule has 0 N–H and O–H groups in total. The number of carbonyl (C=O) groups excluding carboxylic acids is 1. The van der Waals surface area contributed by atoms with E-state index in [4.69, 9.17) is 4.74 Å². The molecule has 0 aliphatic carbocycles. The van der Waals surface area contributed by atoms with Crippen LogP contribution in [0.5, 0.6) is 5.75 Å². The minimum absolute atomic E-state index is 0.0706. The first kappa shape index (κ1) is 23.0. The molecule has 1 aliphatic heterocycles. The molecule has 1 aliphatic rings. The van der Waals surface area contributed by atoms with E-state index >= 15 is 0 Å². The van der Waals surface area contributed by atoms with Crippen LogP contribution in [0.15, 0.2) is 53.3 Å². The van der Waals surface area contributed by atoms with E-state index in [1.807, 2.05) is 0 Å². The van der Waals surface area contributed by atoms with Crippen LogP contribution in [0.1, 0.15) is 29.0 Å². The van der Waals surface area contributed by atoms with Crippen LogP contribution in [-0.4, -0.2) is 44.7 Å². The summed E-state index contributed by atoms with van der Waals surface area (Å²) in [7, 11) is 0. The highest BCUT2D eigenvalue weighted by atomic mass is 19.1. The first-order valence-corrected chi connectivity index (χ1v) is 10.5. The molecule has 34 heavy (non-hydrogen) atoms. The van der Waals surface area contributed by atoms with Crippen molar-refractivity contribution in [2.45, 2.75) is 25.9 Å². The van der Waals surface area contributed by atoms with Gasteiger partial charge in [-0.15, -0.1) is 0 Å². The Morgan fingerprint density at radius 1 is 1.15 bits per heavy atom. The fourth-order valence-corrected chi connectivity index (χ4v) is 3.81. The largest absolute Gasteiger partial charge is 0.487 e. The molecular weight excluding hydrogens is 450 g/mol. The number of rotatable bonds is 5. The van der Waals surface area contributed by atoms with Gasteiger partial charge >= 0.3 is 0 Å². The molecule has 176 valence electrons. The highest BCUT2D eigenvalue weighted by molar-refractivity contribution is 5.92. The number of piperidine rings is 1. The van der Waals surface area contributed by atoms with Crippen LogP contribution in [-0.2, 0) is 0 Å². The average Bonchev–Trinajstić information content (AvgIpc) is 2.81. The maximum Gasteiger partial charge on any atom is 0.294 e. The summed E-state index contributed by atoms with van der Waals surface area (Å²) in [6.07, 6.45) is 0.345. The number of para-hydroxylation sites is 2. The Kier molecular flexibility index (Phi) is 6.35. The van der Waals surface area contributed by atoms with Gasteiger partial charge in [-0.2, -0.15) is 5.10 Å². The van der Waals surface area contributed by atoms with Crippen molar-refractivity contribution in [2.75, 3.05) is 13.1 Å². The number of ether oxygens (including phenoxy) is 1. The van der Waals surface area contributed by atoms with Crippen molar-refractivity contribution >= 4 is 11.6 Å². The Hall–Kier alpha value is -4.15. The van der Waals surface area contributed by atoms with Crippen LogP contribution in [0.25, 0.3) is 5.69 Å². The molecule has 3 aromatic rings. The number of nitrogens with zero attached hydrogens (tertiary/aromatic N) is 4. The molecule has 0 unspecified atom stereocenters. The fraction of sp³-hybridized carbons (Fsp3) is 0.261. The Morgan fingerprint density at radius 3 is 2.53 bits per heavy atom. The number of hydrogen-bond donors (Lipinski definition) is 0. The van der Waals surface area contributed by atoms with Crippen LogP contribution in [0.3, 0.4) is 0 Å². The number of aryl methyl sites for hydroxylation is 1. The molecule has 9 nitrogen and oxygen atoms in total. The summed E-state index contributed by atoms with van der Waals surface area (Å²) < 4.78 is 33.7. The van der Waals surface area contributed by atoms with Crippen LogP contribution >= 0.6 is 0 Å². The minimum Gasteiger partial charge on any atom is -0.487 e. The third kappa shape index (κ3) is 4.63. The highest BCUT2D eigenvalue weighted by Gasteiger charge is 2.28. The van der Waals surface area contributed by atoms with Crippen molar-refractivity contribution in [3.05, 3.63) is 91.9 Å². The van der Waals surface area contributed by atoms with E-state index < -0.39 is 34.0 Å². The third-order valence-corrected chi connectivity index (χ3v) is 5.53. The van der Waals surface area contributed by atoms with Gasteiger partial charge in [0, 0.05) is 49.8 Å². The molecule has 1 saturated heterocycles. The number of likely N-dealkylation sites (tertiary alicyclic amines) is 1. The summed E-state index contributed by atoms with van der Waals surface area (Å²) in [5.74, 6) is -2.19. The zero-order valence-electron chi connectivity index (χ0n) is 18.1. The van der Waals surface area contributed by atoms with Gasteiger partial charge in [0.05, 0.1) is 4.92 Å². The summed E-state index contributed by atoms with van der Waals surface area (Å²) in [6, 6.07) is 10.2. The number of nitro benzene ring substituents is 1. The lowest BCUT2D eigenvalue weighted by molar-refractivity contribution is -0.384. The monoisotopic (exact) mass is 470 g/mol. The number of benzene rings is 2. The number of carbonyl (C=O) groups is 1. The van der Waals surface area contributed by atoms with Gasteiger partial charge in [-0.25, -0.2) is 13.5 Å². The number of aromatic nitrogens is 2. The molecule has 0 radical (unpaired) electrons. The van der Waals surface area contributed by atoms with Crippen molar-refractivity contribution < 1.29 is 23.2 Å². The van der Waals surface area contributed by atoms with E-state index in [0.29, 0.717) is 18.5 Å². The van der Waals surface area contributed by atoms with Gasteiger partial charge in [-0.05, 0) is 25.1 Å². The van der Waals surface area contributed by atoms with Crippen LogP contribution in [0.2, 0.25) is 0 Å². The summed E-state index contributed by atoms with van der Waals surface area (Å²) in [5, 5.41) is 15.6. The van der Waals surface area contributed by atoms with Gasteiger partial charge in [0.2, 0.25) is 5.43 Å². The van der Waals surface area contributed by atoms with E-state index in [1.165, 1.54) is 39.9 Å². The maximum absolute atomic E-state index is 13.8. The second-order valence-electron chi connectivity index (χ2n) is 7.84.